The Bertz CT molecular complexity index is 914. The van der Waals surface area contributed by atoms with E-state index in [1.807, 2.05) is 30.3 Å². The van der Waals surface area contributed by atoms with Crippen LogP contribution in [0.4, 0.5) is 5.69 Å². The number of carbonyl (C=O) groups is 1. The number of hydrogen-bond donors (Lipinski definition) is 1. The van der Waals surface area contributed by atoms with Gasteiger partial charge in [-0.15, -0.1) is 0 Å². The van der Waals surface area contributed by atoms with E-state index in [1.54, 1.807) is 37.1 Å². The molecule has 5 nitrogen and oxygen atoms in total. The van der Waals surface area contributed by atoms with Crippen LogP contribution in [0.1, 0.15) is 10.4 Å². The maximum atomic E-state index is 12.5. The fraction of sp³-hybridized carbons (Fsp3) is 0.158. The van der Waals surface area contributed by atoms with Gasteiger partial charge in [0.15, 0.2) is 5.16 Å². The Morgan fingerprint density at radius 3 is 2.96 bits per heavy atom. The highest BCUT2D eigenvalue weighted by atomic mass is 32.2. The quantitative estimate of drug-likeness (QED) is 0.774. The van der Waals surface area contributed by atoms with Gasteiger partial charge in [0.05, 0.1) is 12.8 Å². The second-order valence-electron chi connectivity index (χ2n) is 5.72. The standard InChI is InChI=1S/C19H17N3O2S/c1-24-16-7-3-5-14(11-16)18(23)20-15-6-2-4-13(10-15)17-12-22-8-9-25-19(22)21-17/h2-7,10-12H,8-9H2,1H3,(H,20,23). The second kappa shape index (κ2) is 6.64. The zero-order chi connectivity index (χ0) is 17.2. The first-order chi connectivity index (χ1) is 12.2. The third-order valence-corrected chi connectivity index (χ3v) is 5.02. The van der Waals surface area contributed by atoms with E-state index in [0.717, 1.165) is 34.4 Å². The van der Waals surface area contributed by atoms with Crippen molar-refractivity contribution in [2.24, 2.45) is 0 Å². The number of aromatic nitrogens is 2. The topological polar surface area (TPSA) is 56.1 Å². The zero-order valence-electron chi connectivity index (χ0n) is 13.7. The molecule has 2 heterocycles. The predicted octanol–water partition coefficient (Wildman–Crippen LogP) is 3.92. The highest BCUT2D eigenvalue weighted by molar-refractivity contribution is 7.99. The average molecular weight is 351 g/mol. The number of rotatable bonds is 4. The highest BCUT2D eigenvalue weighted by Gasteiger charge is 2.15. The van der Waals surface area contributed by atoms with Crippen LogP contribution in [0.2, 0.25) is 0 Å². The first-order valence-corrected chi connectivity index (χ1v) is 8.97. The minimum Gasteiger partial charge on any atom is -0.497 e. The van der Waals surface area contributed by atoms with Crippen molar-refractivity contribution in [2.75, 3.05) is 18.2 Å². The van der Waals surface area contributed by atoms with E-state index >= 15 is 0 Å². The van der Waals surface area contributed by atoms with Crippen LogP contribution in [0.5, 0.6) is 5.75 Å². The van der Waals surface area contributed by atoms with Gasteiger partial charge in [-0.3, -0.25) is 4.79 Å². The molecule has 0 spiro atoms. The lowest BCUT2D eigenvalue weighted by molar-refractivity contribution is 0.102. The second-order valence-corrected chi connectivity index (χ2v) is 6.78. The van der Waals surface area contributed by atoms with Crippen molar-refractivity contribution in [3.63, 3.8) is 0 Å². The molecule has 1 amide bonds. The van der Waals surface area contributed by atoms with Crippen molar-refractivity contribution >= 4 is 23.4 Å². The van der Waals surface area contributed by atoms with Gasteiger partial charge in [0.25, 0.3) is 5.91 Å². The van der Waals surface area contributed by atoms with E-state index in [-0.39, 0.29) is 5.91 Å². The van der Waals surface area contributed by atoms with Crippen LogP contribution in [0.25, 0.3) is 11.3 Å². The molecule has 0 atom stereocenters. The van der Waals surface area contributed by atoms with Crippen molar-refractivity contribution in [3.8, 4) is 17.0 Å². The molecule has 25 heavy (non-hydrogen) atoms. The number of methoxy groups -OCH3 is 1. The van der Waals surface area contributed by atoms with Gasteiger partial charge in [0.1, 0.15) is 5.75 Å². The lowest BCUT2D eigenvalue weighted by Crippen LogP contribution is -2.11. The lowest BCUT2D eigenvalue weighted by Gasteiger charge is -2.08. The van der Waals surface area contributed by atoms with Gasteiger partial charge in [-0.2, -0.15) is 0 Å². The number of carbonyl (C=O) groups excluding carboxylic acids is 1. The molecular formula is C19H17N3O2S. The summed E-state index contributed by atoms with van der Waals surface area (Å²) in [6.45, 7) is 0.999. The number of fused-ring (bicyclic) bond motifs is 1. The Morgan fingerprint density at radius 1 is 1.24 bits per heavy atom. The molecule has 1 aromatic heterocycles. The van der Waals surface area contributed by atoms with Crippen LogP contribution < -0.4 is 10.1 Å². The van der Waals surface area contributed by atoms with Crippen LogP contribution in [-0.2, 0) is 6.54 Å². The van der Waals surface area contributed by atoms with Crippen LogP contribution in [0, 0.1) is 0 Å². The van der Waals surface area contributed by atoms with Crippen molar-refractivity contribution in [2.45, 2.75) is 11.7 Å². The van der Waals surface area contributed by atoms with Crippen molar-refractivity contribution in [1.29, 1.82) is 0 Å². The first-order valence-electron chi connectivity index (χ1n) is 7.99. The molecule has 0 fully saturated rings. The number of thioether (sulfide) groups is 1. The molecule has 2 aromatic carbocycles. The number of ether oxygens (including phenoxy) is 1. The Morgan fingerprint density at radius 2 is 2.12 bits per heavy atom. The monoisotopic (exact) mass is 351 g/mol. The largest absolute Gasteiger partial charge is 0.497 e. The lowest BCUT2D eigenvalue weighted by atomic mass is 10.1. The van der Waals surface area contributed by atoms with Crippen LogP contribution >= 0.6 is 11.8 Å². The Balaban J connectivity index is 1.55. The highest BCUT2D eigenvalue weighted by Crippen LogP contribution is 2.30. The third-order valence-electron chi connectivity index (χ3n) is 4.05. The molecule has 0 unspecified atom stereocenters. The molecule has 6 heteroatoms. The molecule has 4 rings (SSSR count). The minimum absolute atomic E-state index is 0.168. The van der Waals surface area contributed by atoms with Crippen LogP contribution in [0.15, 0.2) is 59.9 Å². The number of anilines is 1. The maximum Gasteiger partial charge on any atom is 0.255 e. The van der Waals surface area contributed by atoms with E-state index in [2.05, 4.69) is 21.1 Å². The molecule has 0 bridgehead atoms. The summed E-state index contributed by atoms with van der Waals surface area (Å²) in [6, 6.07) is 14.8. The van der Waals surface area contributed by atoms with Crippen molar-refractivity contribution in [1.82, 2.24) is 9.55 Å². The number of benzene rings is 2. The predicted molar refractivity (Wildman–Crippen MR) is 99.3 cm³/mol. The Labute approximate surface area is 150 Å². The number of imidazole rings is 1. The fourth-order valence-electron chi connectivity index (χ4n) is 2.77. The van der Waals surface area contributed by atoms with E-state index < -0.39 is 0 Å². The van der Waals surface area contributed by atoms with Gasteiger partial charge in [-0.05, 0) is 30.3 Å². The molecule has 1 N–H and O–H groups in total. The van der Waals surface area contributed by atoms with Gasteiger partial charge in [-0.1, -0.05) is 30.0 Å². The van der Waals surface area contributed by atoms with E-state index in [1.165, 1.54) is 0 Å². The Hall–Kier alpha value is -2.73. The van der Waals surface area contributed by atoms with Crippen molar-refractivity contribution in [3.05, 3.63) is 60.3 Å². The summed E-state index contributed by atoms with van der Waals surface area (Å²) in [5.74, 6) is 1.57. The summed E-state index contributed by atoms with van der Waals surface area (Å²) in [6.07, 6.45) is 2.07. The summed E-state index contributed by atoms with van der Waals surface area (Å²) in [4.78, 5) is 17.1. The smallest absolute Gasteiger partial charge is 0.255 e. The summed E-state index contributed by atoms with van der Waals surface area (Å²) in [7, 11) is 1.58. The van der Waals surface area contributed by atoms with E-state index in [0.29, 0.717) is 11.3 Å². The summed E-state index contributed by atoms with van der Waals surface area (Å²) in [5.41, 5.74) is 3.22. The van der Waals surface area contributed by atoms with Crippen LogP contribution in [0.3, 0.4) is 0 Å². The van der Waals surface area contributed by atoms with Crippen molar-refractivity contribution < 1.29 is 9.53 Å². The fourth-order valence-corrected chi connectivity index (χ4v) is 3.72. The normalized spacial score (nSPS) is 12.7. The van der Waals surface area contributed by atoms with Gasteiger partial charge >= 0.3 is 0 Å². The van der Waals surface area contributed by atoms with Gasteiger partial charge in [0, 0.05) is 35.3 Å². The third kappa shape index (κ3) is 3.25. The van der Waals surface area contributed by atoms with Gasteiger partial charge in [-0.25, -0.2) is 4.98 Å². The molecule has 0 saturated heterocycles. The first kappa shape index (κ1) is 15.8. The summed E-state index contributed by atoms with van der Waals surface area (Å²) in [5, 5.41) is 3.99. The minimum atomic E-state index is -0.168. The van der Waals surface area contributed by atoms with Gasteiger partial charge < -0.3 is 14.6 Å². The number of aryl methyl sites for hydroxylation is 1. The molecule has 1 aliphatic rings. The molecular weight excluding hydrogens is 334 g/mol. The molecule has 126 valence electrons. The number of nitrogens with zero attached hydrogens (tertiary/aromatic N) is 2. The molecule has 0 aliphatic carbocycles. The SMILES string of the molecule is COc1cccc(C(=O)Nc2cccc(-c3cn4c(n3)SCC4)c2)c1. The average Bonchev–Trinajstić information content (AvgIpc) is 3.24. The van der Waals surface area contributed by atoms with E-state index in [9.17, 15) is 4.79 Å². The zero-order valence-corrected chi connectivity index (χ0v) is 14.5. The molecule has 3 aromatic rings. The number of amides is 1. The number of nitrogens with one attached hydrogen (secondary N) is 1. The summed E-state index contributed by atoms with van der Waals surface area (Å²) >= 11 is 1.77. The van der Waals surface area contributed by atoms with Gasteiger partial charge in [0.2, 0.25) is 0 Å². The molecule has 0 radical (unpaired) electrons. The maximum absolute atomic E-state index is 12.5. The van der Waals surface area contributed by atoms with Crippen LogP contribution in [-0.4, -0.2) is 28.3 Å². The number of hydrogen-bond acceptors (Lipinski definition) is 4. The summed E-state index contributed by atoms with van der Waals surface area (Å²) < 4.78 is 7.34. The molecule has 1 aliphatic heterocycles. The van der Waals surface area contributed by atoms with E-state index in [4.69, 9.17) is 4.74 Å². The Kier molecular flexibility index (Phi) is 4.19. The molecule has 0 saturated carbocycles.